The van der Waals surface area contributed by atoms with E-state index in [0.717, 1.165) is 0 Å². The summed E-state index contributed by atoms with van der Waals surface area (Å²) in [6.07, 6.45) is -2.39. The van der Waals surface area contributed by atoms with Gasteiger partial charge in [0.25, 0.3) is 0 Å². The fourth-order valence-corrected chi connectivity index (χ4v) is 2.89. The van der Waals surface area contributed by atoms with Crippen molar-refractivity contribution in [3.8, 4) is 0 Å². The molecule has 88 valence electrons. The van der Waals surface area contributed by atoms with E-state index in [1.54, 1.807) is 6.92 Å². The van der Waals surface area contributed by atoms with Crippen molar-refractivity contribution in [2.75, 3.05) is 12.3 Å². The first-order valence-electron chi connectivity index (χ1n) is 4.54. The topological polar surface area (TPSA) is 94.8 Å². The third-order valence-electron chi connectivity index (χ3n) is 2.06. The van der Waals surface area contributed by atoms with Crippen molar-refractivity contribution < 1.29 is 24.7 Å². The summed E-state index contributed by atoms with van der Waals surface area (Å²) in [6, 6.07) is 0. The average molecular weight is 254 g/mol. The third kappa shape index (κ3) is 6.60. The molecule has 0 radical (unpaired) electrons. The van der Waals surface area contributed by atoms with E-state index in [2.05, 4.69) is 0 Å². The highest BCUT2D eigenvalue weighted by Crippen LogP contribution is 2.43. The lowest BCUT2D eigenvalue weighted by molar-refractivity contribution is -0.142. The number of hydrogen-bond donors (Lipinski definition) is 3. The second-order valence-electron chi connectivity index (χ2n) is 3.31. The number of rotatable bonds is 7. The van der Waals surface area contributed by atoms with Gasteiger partial charge in [0.15, 0.2) is 0 Å². The Hall–Kier alpha value is -0.450. The molecule has 15 heavy (non-hydrogen) atoms. The molecule has 0 aliphatic heterocycles. The van der Waals surface area contributed by atoms with Gasteiger partial charge >= 0.3 is 11.9 Å². The van der Waals surface area contributed by atoms with Gasteiger partial charge in [-0.3, -0.25) is 9.59 Å². The van der Waals surface area contributed by atoms with E-state index in [1.165, 1.54) is 0 Å². The van der Waals surface area contributed by atoms with E-state index in [-0.39, 0.29) is 19.0 Å². The molecule has 5 nitrogen and oxygen atoms in total. The van der Waals surface area contributed by atoms with Crippen LogP contribution in [0, 0.1) is 5.92 Å². The zero-order chi connectivity index (χ0) is 12.1. The molecule has 0 saturated heterocycles. The van der Waals surface area contributed by atoms with Crippen molar-refractivity contribution in [3.63, 3.8) is 0 Å². The molecule has 0 amide bonds. The number of carbonyl (C=O) groups is 2. The van der Waals surface area contributed by atoms with Crippen LogP contribution >= 0.6 is 6.26 Å². The van der Waals surface area contributed by atoms with Crippen LogP contribution in [0.4, 0.5) is 0 Å². The Morgan fingerprint density at radius 2 is 1.93 bits per heavy atom. The summed E-state index contributed by atoms with van der Waals surface area (Å²) in [5.74, 6) is -2.98. The Kier molecular flexibility index (Phi) is 6.02. The summed E-state index contributed by atoms with van der Waals surface area (Å²) in [6.45, 7) is 1.71. The Bertz CT molecular complexity index is 291. The molecule has 0 heterocycles. The van der Waals surface area contributed by atoms with Crippen LogP contribution in [-0.4, -0.2) is 39.4 Å². The van der Waals surface area contributed by atoms with Gasteiger partial charge in [0.1, 0.15) is 0 Å². The Balaban J connectivity index is 4.35. The van der Waals surface area contributed by atoms with Crippen LogP contribution in [0.15, 0.2) is 0 Å². The molecule has 0 saturated carbocycles. The van der Waals surface area contributed by atoms with E-state index in [9.17, 15) is 14.5 Å². The predicted octanol–water partition coefficient (Wildman–Crippen LogP) is 0.959. The minimum absolute atomic E-state index is 0.0153. The van der Waals surface area contributed by atoms with Crippen molar-refractivity contribution >= 4 is 30.0 Å². The first-order chi connectivity index (χ1) is 6.78. The largest absolute Gasteiger partial charge is 0.481 e. The van der Waals surface area contributed by atoms with E-state index >= 15 is 0 Å². The van der Waals surface area contributed by atoms with Crippen LogP contribution in [-0.2, 0) is 21.4 Å². The molecule has 2 unspecified atom stereocenters. The quantitative estimate of drug-likeness (QED) is 0.586. The first kappa shape index (κ1) is 14.6. The van der Waals surface area contributed by atoms with Crippen LogP contribution in [0.5, 0.6) is 0 Å². The second-order valence-corrected chi connectivity index (χ2v) is 8.04. The summed E-state index contributed by atoms with van der Waals surface area (Å²) in [4.78, 5) is 30.7. The lowest BCUT2D eigenvalue weighted by atomic mass is 10.1. The van der Waals surface area contributed by atoms with E-state index in [1.807, 2.05) is 0 Å². The highest BCUT2D eigenvalue weighted by atomic mass is 32.4. The Morgan fingerprint density at radius 1 is 1.40 bits per heavy atom. The van der Waals surface area contributed by atoms with Gasteiger partial charge < -0.3 is 15.1 Å². The van der Waals surface area contributed by atoms with Crippen molar-refractivity contribution in [2.24, 2.45) is 5.92 Å². The van der Waals surface area contributed by atoms with Crippen LogP contribution in [0.3, 0.4) is 0 Å². The zero-order valence-corrected chi connectivity index (χ0v) is 10.1. The van der Waals surface area contributed by atoms with Crippen molar-refractivity contribution in [1.82, 2.24) is 0 Å². The molecule has 0 spiro atoms. The van der Waals surface area contributed by atoms with E-state index < -0.39 is 24.1 Å². The molecule has 0 aromatic rings. The summed E-state index contributed by atoms with van der Waals surface area (Å²) >= 11 is 4.88. The highest BCUT2D eigenvalue weighted by molar-refractivity contribution is 8.11. The fraction of sp³-hybridized carbons (Fsp3) is 0.750. The first-order valence-corrected chi connectivity index (χ1v) is 7.66. The summed E-state index contributed by atoms with van der Waals surface area (Å²) in [5.41, 5.74) is 0. The fourth-order valence-electron chi connectivity index (χ4n) is 1.06. The van der Waals surface area contributed by atoms with Crippen LogP contribution in [0.2, 0.25) is 0 Å². The molecule has 0 rings (SSSR count). The van der Waals surface area contributed by atoms with Gasteiger partial charge in [0.2, 0.25) is 0 Å². The number of carboxylic acid groups (broad SMARTS) is 2. The minimum Gasteiger partial charge on any atom is -0.481 e. The lowest BCUT2D eigenvalue weighted by Crippen LogP contribution is -2.19. The van der Waals surface area contributed by atoms with Gasteiger partial charge in [-0.15, -0.1) is 0 Å². The maximum atomic E-state index is 10.8. The van der Waals surface area contributed by atoms with Crippen LogP contribution < -0.4 is 0 Å². The molecule has 0 aromatic carbocycles. The molecule has 0 aromatic heterocycles. The predicted molar refractivity (Wildman–Crippen MR) is 59.9 cm³/mol. The number of hydrogen-bond acceptors (Lipinski definition) is 3. The maximum Gasteiger partial charge on any atom is 0.306 e. The Labute approximate surface area is 93.2 Å². The molecule has 0 aliphatic carbocycles. The van der Waals surface area contributed by atoms with Gasteiger partial charge in [-0.25, -0.2) is 0 Å². The molecule has 2 atom stereocenters. The lowest BCUT2D eigenvalue weighted by Gasteiger charge is -2.17. The SMILES string of the molecule is CCP(O)(=S)CC(CCC(=O)O)C(=O)O. The summed E-state index contributed by atoms with van der Waals surface area (Å²) < 4.78 is 0. The maximum absolute atomic E-state index is 10.8. The number of aliphatic carboxylic acids is 2. The van der Waals surface area contributed by atoms with Gasteiger partial charge in [0, 0.05) is 12.6 Å². The van der Waals surface area contributed by atoms with Gasteiger partial charge in [0.05, 0.1) is 12.2 Å². The normalized spacial score (nSPS) is 16.7. The molecule has 7 heteroatoms. The monoisotopic (exact) mass is 254 g/mol. The summed E-state index contributed by atoms with van der Waals surface area (Å²) in [7, 11) is 0. The van der Waals surface area contributed by atoms with Gasteiger partial charge in [-0.1, -0.05) is 18.7 Å². The second kappa shape index (κ2) is 6.20. The molecular weight excluding hydrogens is 239 g/mol. The Morgan fingerprint density at radius 3 is 2.27 bits per heavy atom. The minimum atomic E-state index is -2.58. The van der Waals surface area contributed by atoms with Crippen molar-refractivity contribution in [2.45, 2.75) is 19.8 Å². The zero-order valence-electron chi connectivity index (χ0n) is 8.42. The van der Waals surface area contributed by atoms with Crippen molar-refractivity contribution in [3.05, 3.63) is 0 Å². The standard InChI is InChI=1S/C8H15O5PS/c1-2-14(13,15)5-6(8(11)12)3-4-7(9)10/h6H,2-5H2,1H3,(H,9,10)(H,11,12)(H,13,15). The molecule has 0 aliphatic rings. The van der Waals surface area contributed by atoms with Gasteiger partial charge in [-0.2, -0.15) is 0 Å². The average Bonchev–Trinajstić information content (AvgIpc) is 2.11. The van der Waals surface area contributed by atoms with Crippen molar-refractivity contribution in [1.29, 1.82) is 0 Å². The third-order valence-corrected chi connectivity index (χ3v) is 5.28. The van der Waals surface area contributed by atoms with E-state index in [0.29, 0.717) is 6.16 Å². The van der Waals surface area contributed by atoms with E-state index in [4.69, 9.17) is 22.0 Å². The smallest absolute Gasteiger partial charge is 0.306 e. The molecule has 0 fully saturated rings. The summed E-state index contributed by atoms with van der Waals surface area (Å²) in [5, 5.41) is 17.2. The van der Waals surface area contributed by atoms with Crippen LogP contribution in [0.1, 0.15) is 19.8 Å². The van der Waals surface area contributed by atoms with Gasteiger partial charge in [-0.05, 0) is 12.6 Å². The highest BCUT2D eigenvalue weighted by Gasteiger charge is 2.24. The molecular formula is C8H15O5PS. The molecule has 3 N–H and O–H groups in total. The number of carboxylic acids is 2. The van der Waals surface area contributed by atoms with Crippen LogP contribution in [0.25, 0.3) is 0 Å². The molecule has 0 bridgehead atoms.